The topological polar surface area (TPSA) is 46.9 Å². The molecule has 0 fully saturated rings. The van der Waals surface area contributed by atoms with Crippen molar-refractivity contribution in [1.82, 2.24) is 9.55 Å². The van der Waals surface area contributed by atoms with E-state index in [-0.39, 0.29) is 5.91 Å². The van der Waals surface area contributed by atoms with E-state index in [0.717, 1.165) is 46.9 Å². The Morgan fingerprint density at radius 2 is 1.61 bits per heavy atom. The SMILES string of the molecule is O=C(Cc1ccc(-c2ccccc2)cc1)Nc1ccccc1-c1cn2c(n1)CCCC2. The van der Waals surface area contributed by atoms with Crippen LogP contribution < -0.4 is 5.32 Å². The fraction of sp³-hybridized carbons (Fsp3) is 0.185. The first-order chi connectivity index (χ1) is 15.3. The molecule has 154 valence electrons. The van der Waals surface area contributed by atoms with Crippen LogP contribution in [0.4, 0.5) is 5.69 Å². The summed E-state index contributed by atoms with van der Waals surface area (Å²) in [6, 6.07) is 26.4. The van der Waals surface area contributed by atoms with E-state index in [1.165, 1.54) is 18.4 Å². The van der Waals surface area contributed by atoms with Gasteiger partial charge in [0.05, 0.1) is 17.8 Å². The Hall–Kier alpha value is -3.66. The van der Waals surface area contributed by atoms with Crippen LogP contribution in [0.25, 0.3) is 22.4 Å². The lowest BCUT2D eigenvalue weighted by molar-refractivity contribution is -0.115. The zero-order valence-corrected chi connectivity index (χ0v) is 17.4. The number of anilines is 1. The Kier molecular flexibility index (Phi) is 5.36. The Bertz CT molecular complexity index is 1170. The van der Waals surface area contributed by atoms with Gasteiger partial charge in [0.1, 0.15) is 5.82 Å². The van der Waals surface area contributed by atoms with E-state index >= 15 is 0 Å². The highest BCUT2D eigenvalue weighted by Gasteiger charge is 2.16. The molecule has 0 radical (unpaired) electrons. The summed E-state index contributed by atoms with van der Waals surface area (Å²) in [5.41, 5.74) is 6.03. The normalized spacial score (nSPS) is 12.9. The molecule has 1 N–H and O–H groups in total. The summed E-state index contributed by atoms with van der Waals surface area (Å²) in [6.07, 6.45) is 5.86. The standard InChI is InChI=1S/C27H25N3O/c31-27(18-20-13-15-22(16-14-20)21-8-2-1-3-9-21)29-24-11-5-4-10-23(24)25-19-30-17-7-6-12-26(30)28-25/h1-5,8-11,13-16,19H,6-7,12,17-18H2,(H,29,31). The highest BCUT2D eigenvalue weighted by Crippen LogP contribution is 2.29. The second-order valence-electron chi connectivity index (χ2n) is 8.03. The summed E-state index contributed by atoms with van der Waals surface area (Å²) in [6.45, 7) is 1.02. The van der Waals surface area contributed by atoms with Crippen LogP contribution in [0.2, 0.25) is 0 Å². The van der Waals surface area contributed by atoms with Gasteiger partial charge in [-0.3, -0.25) is 4.79 Å². The Morgan fingerprint density at radius 1 is 0.871 bits per heavy atom. The third-order valence-electron chi connectivity index (χ3n) is 5.81. The van der Waals surface area contributed by atoms with E-state index in [4.69, 9.17) is 4.98 Å². The van der Waals surface area contributed by atoms with Gasteiger partial charge in [-0.05, 0) is 35.6 Å². The first-order valence-corrected chi connectivity index (χ1v) is 10.9. The molecule has 0 spiro atoms. The summed E-state index contributed by atoms with van der Waals surface area (Å²) in [5.74, 6) is 1.12. The maximum Gasteiger partial charge on any atom is 0.228 e. The quantitative estimate of drug-likeness (QED) is 0.459. The number of fused-ring (bicyclic) bond motifs is 1. The first kappa shape index (κ1) is 19.3. The van der Waals surface area contributed by atoms with E-state index in [9.17, 15) is 4.79 Å². The minimum atomic E-state index is -0.0242. The van der Waals surface area contributed by atoms with E-state index < -0.39 is 0 Å². The monoisotopic (exact) mass is 407 g/mol. The lowest BCUT2D eigenvalue weighted by Crippen LogP contribution is -2.15. The number of benzene rings is 3. The molecular weight excluding hydrogens is 382 g/mol. The van der Waals surface area contributed by atoms with Crippen molar-refractivity contribution in [3.63, 3.8) is 0 Å². The van der Waals surface area contributed by atoms with Gasteiger partial charge in [0.2, 0.25) is 5.91 Å². The van der Waals surface area contributed by atoms with Crippen molar-refractivity contribution in [2.75, 3.05) is 5.32 Å². The predicted molar refractivity (Wildman–Crippen MR) is 125 cm³/mol. The van der Waals surface area contributed by atoms with E-state index in [1.807, 2.05) is 54.6 Å². The Balaban J connectivity index is 1.30. The van der Waals surface area contributed by atoms with Crippen molar-refractivity contribution in [2.24, 2.45) is 0 Å². The zero-order valence-electron chi connectivity index (χ0n) is 17.4. The molecule has 4 heteroatoms. The van der Waals surface area contributed by atoms with Crippen molar-refractivity contribution in [3.05, 3.63) is 96.4 Å². The lowest BCUT2D eigenvalue weighted by atomic mass is 10.0. The van der Waals surface area contributed by atoms with Gasteiger partial charge in [0, 0.05) is 24.7 Å². The van der Waals surface area contributed by atoms with Crippen molar-refractivity contribution in [2.45, 2.75) is 32.2 Å². The van der Waals surface area contributed by atoms with Gasteiger partial charge in [-0.25, -0.2) is 4.98 Å². The molecule has 1 aliphatic heterocycles. The number of aromatic nitrogens is 2. The summed E-state index contributed by atoms with van der Waals surface area (Å²) in [7, 11) is 0. The lowest BCUT2D eigenvalue weighted by Gasteiger charge is -2.11. The number of hydrogen-bond donors (Lipinski definition) is 1. The second-order valence-corrected chi connectivity index (χ2v) is 8.03. The number of carbonyl (C=O) groups is 1. The summed E-state index contributed by atoms with van der Waals surface area (Å²) >= 11 is 0. The molecule has 3 aromatic carbocycles. The van der Waals surface area contributed by atoms with Crippen molar-refractivity contribution in [3.8, 4) is 22.4 Å². The molecular formula is C27H25N3O. The minimum Gasteiger partial charge on any atom is -0.334 e. The number of nitrogens with zero attached hydrogens (tertiary/aromatic N) is 2. The summed E-state index contributed by atoms with van der Waals surface area (Å²) in [5, 5.41) is 3.10. The molecule has 0 saturated heterocycles. The average Bonchev–Trinajstić information content (AvgIpc) is 3.25. The summed E-state index contributed by atoms with van der Waals surface area (Å²) < 4.78 is 2.24. The van der Waals surface area contributed by atoms with Crippen molar-refractivity contribution >= 4 is 11.6 Å². The molecule has 4 nitrogen and oxygen atoms in total. The van der Waals surface area contributed by atoms with Crippen LogP contribution in [0.15, 0.2) is 85.1 Å². The van der Waals surface area contributed by atoms with E-state index in [2.05, 4.69) is 40.3 Å². The molecule has 5 rings (SSSR count). The fourth-order valence-electron chi connectivity index (χ4n) is 4.18. The summed E-state index contributed by atoms with van der Waals surface area (Å²) in [4.78, 5) is 17.6. The first-order valence-electron chi connectivity index (χ1n) is 10.9. The smallest absolute Gasteiger partial charge is 0.228 e. The number of amides is 1. The molecule has 0 atom stereocenters. The number of para-hydroxylation sites is 1. The minimum absolute atomic E-state index is 0.0242. The molecule has 0 aliphatic carbocycles. The second kappa shape index (κ2) is 8.60. The molecule has 1 amide bonds. The predicted octanol–water partition coefficient (Wildman–Crippen LogP) is 5.73. The van der Waals surface area contributed by atoms with Gasteiger partial charge >= 0.3 is 0 Å². The van der Waals surface area contributed by atoms with Gasteiger partial charge in [-0.15, -0.1) is 0 Å². The number of carbonyl (C=O) groups excluding carboxylic acids is 1. The van der Waals surface area contributed by atoms with Crippen LogP contribution in [-0.2, 0) is 24.2 Å². The van der Waals surface area contributed by atoms with Crippen LogP contribution in [0.1, 0.15) is 24.2 Å². The van der Waals surface area contributed by atoms with E-state index in [1.54, 1.807) is 0 Å². The molecule has 4 aromatic rings. The maximum absolute atomic E-state index is 12.8. The van der Waals surface area contributed by atoms with Gasteiger partial charge in [0.15, 0.2) is 0 Å². The van der Waals surface area contributed by atoms with Gasteiger partial charge in [-0.2, -0.15) is 0 Å². The van der Waals surface area contributed by atoms with Crippen LogP contribution in [-0.4, -0.2) is 15.5 Å². The fourth-order valence-corrected chi connectivity index (χ4v) is 4.18. The molecule has 1 aliphatic rings. The number of imidazole rings is 1. The van der Waals surface area contributed by atoms with Crippen LogP contribution in [0.5, 0.6) is 0 Å². The van der Waals surface area contributed by atoms with Gasteiger partial charge in [-0.1, -0.05) is 72.8 Å². The number of hydrogen-bond acceptors (Lipinski definition) is 2. The molecule has 0 saturated carbocycles. The highest BCUT2D eigenvalue weighted by molar-refractivity contribution is 5.96. The van der Waals surface area contributed by atoms with E-state index in [0.29, 0.717) is 6.42 Å². The third kappa shape index (κ3) is 4.29. The van der Waals surface area contributed by atoms with Gasteiger partial charge in [0.25, 0.3) is 0 Å². The van der Waals surface area contributed by atoms with Crippen LogP contribution in [0.3, 0.4) is 0 Å². The number of rotatable bonds is 5. The molecule has 2 heterocycles. The highest BCUT2D eigenvalue weighted by atomic mass is 16.1. The maximum atomic E-state index is 12.8. The number of aryl methyl sites for hydroxylation is 2. The molecule has 0 unspecified atom stereocenters. The Labute approximate surface area is 182 Å². The molecule has 1 aromatic heterocycles. The van der Waals surface area contributed by atoms with Crippen LogP contribution in [0, 0.1) is 0 Å². The molecule has 0 bridgehead atoms. The molecule has 31 heavy (non-hydrogen) atoms. The Morgan fingerprint density at radius 3 is 2.42 bits per heavy atom. The zero-order chi connectivity index (χ0) is 21.0. The van der Waals surface area contributed by atoms with Crippen LogP contribution >= 0.6 is 0 Å². The third-order valence-corrected chi connectivity index (χ3v) is 5.81. The van der Waals surface area contributed by atoms with Crippen molar-refractivity contribution in [1.29, 1.82) is 0 Å². The number of nitrogens with one attached hydrogen (secondary N) is 1. The largest absolute Gasteiger partial charge is 0.334 e. The average molecular weight is 408 g/mol. The van der Waals surface area contributed by atoms with Crippen molar-refractivity contribution < 1.29 is 4.79 Å². The van der Waals surface area contributed by atoms with Gasteiger partial charge < -0.3 is 9.88 Å².